The van der Waals surface area contributed by atoms with Gasteiger partial charge < -0.3 is 4.90 Å². The summed E-state index contributed by atoms with van der Waals surface area (Å²) in [5, 5.41) is 0. The van der Waals surface area contributed by atoms with Gasteiger partial charge in [-0.05, 0) is 48.4 Å². The molecule has 12 heteroatoms. The molecule has 3 nitrogen and oxygen atoms in total. The number of carbonyl (C=O) groups is 1. The van der Waals surface area contributed by atoms with E-state index in [0.717, 1.165) is 20.2 Å². The fraction of sp³-hybridized carbons (Fsp3) is 0.182. The van der Waals surface area contributed by atoms with Gasteiger partial charge in [0, 0.05) is 24.4 Å². The predicted octanol–water partition coefficient (Wildman–Crippen LogP) is 6.79. The molecule has 0 spiro atoms. The summed E-state index contributed by atoms with van der Waals surface area (Å²) in [6, 6.07) is 2.24. The van der Waals surface area contributed by atoms with Crippen LogP contribution in [0, 0.1) is 24.4 Å². The minimum Gasteiger partial charge on any atom is -0.309 e. The van der Waals surface area contributed by atoms with Gasteiger partial charge in [-0.15, -0.1) is 0 Å². The van der Waals surface area contributed by atoms with Crippen molar-refractivity contribution in [2.24, 2.45) is 0 Å². The van der Waals surface area contributed by atoms with Crippen LogP contribution >= 0.6 is 0 Å². The van der Waals surface area contributed by atoms with E-state index in [9.17, 15) is 44.3 Å². The fourth-order valence-electron chi connectivity index (χ4n) is 3.23. The van der Waals surface area contributed by atoms with Crippen LogP contribution < -0.4 is 4.90 Å². The van der Waals surface area contributed by atoms with Gasteiger partial charge in [-0.1, -0.05) is 0 Å². The molecule has 2 aromatic carbocycles. The lowest BCUT2D eigenvalue weighted by atomic mass is 9.98. The predicted molar refractivity (Wildman–Crippen MR) is 103 cm³/mol. The minimum atomic E-state index is -5.17. The first-order valence-corrected chi connectivity index (χ1v) is 9.29. The second-order valence-electron chi connectivity index (χ2n) is 7.21. The van der Waals surface area contributed by atoms with Gasteiger partial charge in [0.25, 0.3) is 5.91 Å². The van der Waals surface area contributed by atoms with Crippen LogP contribution in [0.5, 0.6) is 0 Å². The average molecular weight is 492 g/mol. The van der Waals surface area contributed by atoms with Gasteiger partial charge in [-0.25, -0.2) is 13.2 Å². The minimum absolute atomic E-state index is 0.0656. The molecule has 0 atom stereocenters. The lowest BCUT2D eigenvalue weighted by molar-refractivity contribution is -0.143. The molecule has 0 bridgehead atoms. The summed E-state index contributed by atoms with van der Waals surface area (Å²) in [4.78, 5) is 17.4. The third kappa shape index (κ3) is 4.70. The standard InChI is InChI=1S/C22H13F9N2O/c1-10-15(8-16(23)19(25)18(10)24)14-3-4-32-9-17(14)33(2)20(34)11-5-12(21(26,27)28)7-13(6-11)22(29,30)31/h3-9H,1-2H3. The first-order chi connectivity index (χ1) is 15.6. The Morgan fingerprint density at radius 1 is 0.853 bits per heavy atom. The van der Waals surface area contributed by atoms with Crippen LogP contribution in [0.3, 0.4) is 0 Å². The molecule has 3 rings (SSSR count). The van der Waals surface area contributed by atoms with Crippen LogP contribution in [0.1, 0.15) is 27.0 Å². The molecule has 0 fully saturated rings. The van der Waals surface area contributed by atoms with Crippen LogP contribution in [0.25, 0.3) is 11.1 Å². The van der Waals surface area contributed by atoms with Crippen molar-refractivity contribution >= 4 is 11.6 Å². The van der Waals surface area contributed by atoms with Crippen molar-refractivity contribution in [3.8, 4) is 11.1 Å². The smallest absolute Gasteiger partial charge is 0.309 e. The quantitative estimate of drug-likeness (QED) is 0.298. The molecular formula is C22H13F9N2O. The highest BCUT2D eigenvalue weighted by Crippen LogP contribution is 2.38. The van der Waals surface area contributed by atoms with E-state index in [4.69, 9.17) is 0 Å². The number of alkyl halides is 6. The summed E-state index contributed by atoms with van der Waals surface area (Å²) in [7, 11) is 1.03. The van der Waals surface area contributed by atoms with E-state index in [1.807, 2.05) is 0 Å². The van der Waals surface area contributed by atoms with E-state index in [1.54, 1.807) is 0 Å². The highest BCUT2D eigenvalue weighted by atomic mass is 19.4. The Hall–Kier alpha value is -3.57. The summed E-state index contributed by atoms with van der Waals surface area (Å²) in [5.74, 6) is -6.06. The molecule has 0 aliphatic rings. The number of aromatic nitrogens is 1. The third-order valence-corrected chi connectivity index (χ3v) is 5.00. The van der Waals surface area contributed by atoms with Gasteiger partial charge in [0.05, 0.1) is 23.0 Å². The van der Waals surface area contributed by atoms with E-state index in [-0.39, 0.29) is 40.6 Å². The van der Waals surface area contributed by atoms with E-state index < -0.39 is 52.4 Å². The molecule has 0 saturated heterocycles. The van der Waals surface area contributed by atoms with Crippen LogP contribution in [-0.2, 0) is 12.4 Å². The number of halogens is 9. The van der Waals surface area contributed by atoms with Crippen molar-refractivity contribution < 1.29 is 44.3 Å². The van der Waals surface area contributed by atoms with Crippen molar-refractivity contribution in [1.82, 2.24) is 4.98 Å². The summed E-state index contributed by atoms with van der Waals surface area (Å²) in [6.45, 7) is 1.13. The molecule has 180 valence electrons. The molecule has 0 aliphatic heterocycles. The van der Waals surface area contributed by atoms with Crippen LogP contribution in [0.15, 0.2) is 42.7 Å². The molecule has 0 aliphatic carbocycles. The van der Waals surface area contributed by atoms with E-state index >= 15 is 0 Å². The van der Waals surface area contributed by atoms with Crippen LogP contribution in [0.2, 0.25) is 0 Å². The van der Waals surface area contributed by atoms with Gasteiger partial charge in [0.2, 0.25) is 0 Å². The Morgan fingerprint density at radius 3 is 1.94 bits per heavy atom. The molecule has 0 saturated carbocycles. The number of carbonyl (C=O) groups excluding carboxylic acids is 1. The van der Waals surface area contributed by atoms with E-state index in [2.05, 4.69) is 4.98 Å². The normalized spacial score (nSPS) is 12.1. The lowest BCUT2D eigenvalue weighted by Crippen LogP contribution is -2.28. The monoisotopic (exact) mass is 492 g/mol. The number of amides is 1. The summed E-state index contributed by atoms with van der Waals surface area (Å²) < 4.78 is 120. The number of rotatable bonds is 3. The topological polar surface area (TPSA) is 33.2 Å². The molecule has 0 N–H and O–H groups in total. The Morgan fingerprint density at radius 2 is 1.41 bits per heavy atom. The first kappa shape index (κ1) is 25.1. The summed E-state index contributed by atoms with van der Waals surface area (Å²) in [6.07, 6.45) is -8.16. The van der Waals surface area contributed by atoms with Gasteiger partial charge in [0.1, 0.15) is 0 Å². The van der Waals surface area contributed by atoms with Crippen molar-refractivity contribution in [2.75, 3.05) is 11.9 Å². The highest BCUT2D eigenvalue weighted by Gasteiger charge is 2.38. The van der Waals surface area contributed by atoms with Crippen molar-refractivity contribution in [3.05, 3.63) is 82.4 Å². The number of benzene rings is 2. The largest absolute Gasteiger partial charge is 0.416 e. The summed E-state index contributed by atoms with van der Waals surface area (Å²) >= 11 is 0. The number of anilines is 1. The van der Waals surface area contributed by atoms with Gasteiger partial charge in [-0.3, -0.25) is 9.78 Å². The van der Waals surface area contributed by atoms with Crippen molar-refractivity contribution in [3.63, 3.8) is 0 Å². The van der Waals surface area contributed by atoms with Crippen LogP contribution in [0.4, 0.5) is 45.2 Å². The van der Waals surface area contributed by atoms with E-state index in [0.29, 0.717) is 11.0 Å². The zero-order valence-corrected chi connectivity index (χ0v) is 17.2. The van der Waals surface area contributed by atoms with Gasteiger partial charge >= 0.3 is 12.4 Å². The molecular weight excluding hydrogens is 479 g/mol. The Balaban J connectivity index is 2.15. The first-order valence-electron chi connectivity index (χ1n) is 9.29. The fourth-order valence-corrected chi connectivity index (χ4v) is 3.23. The molecule has 3 aromatic rings. The maximum absolute atomic E-state index is 14.1. The SMILES string of the molecule is Cc1c(-c2ccncc2N(C)C(=O)c2cc(C(F)(F)F)cc(C(F)(F)F)c2)cc(F)c(F)c1F. The highest BCUT2D eigenvalue weighted by molar-refractivity contribution is 6.08. The maximum atomic E-state index is 14.1. The number of hydrogen-bond acceptors (Lipinski definition) is 2. The average Bonchev–Trinajstić information content (AvgIpc) is 2.77. The van der Waals surface area contributed by atoms with Crippen molar-refractivity contribution in [2.45, 2.75) is 19.3 Å². The zero-order chi connectivity index (χ0) is 25.6. The Labute approximate surface area is 186 Å². The third-order valence-electron chi connectivity index (χ3n) is 5.00. The second-order valence-corrected chi connectivity index (χ2v) is 7.21. The van der Waals surface area contributed by atoms with Crippen molar-refractivity contribution in [1.29, 1.82) is 0 Å². The molecule has 1 aromatic heterocycles. The second kappa shape index (κ2) is 8.65. The number of nitrogens with zero attached hydrogens (tertiary/aromatic N) is 2. The van der Waals surface area contributed by atoms with E-state index in [1.165, 1.54) is 12.3 Å². The van der Waals surface area contributed by atoms with Gasteiger partial charge in [0.15, 0.2) is 17.5 Å². The number of hydrogen-bond donors (Lipinski definition) is 0. The number of pyridine rings is 1. The Bertz CT molecular complexity index is 1230. The molecule has 1 amide bonds. The van der Waals surface area contributed by atoms with Gasteiger partial charge in [-0.2, -0.15) is 26.3 Å². The molecule has 0 unspecified atom stereocenters. The lowest BCUT2D eigenvalue weighted by Gasteiger charge is -2.22. The molecule has 1 heterocycles. The zero-order valence-electron chi connectivity index (χ0n) is 17.2. The Kier molecular flexibility index (Phi) is 6.38. The summed E-state index contributed by atoms with van der Waals surface area (Å²) in [5.41, 5.74) is -5.13. The van der Waals surface area contributed by atoms with Crippen LogP contribution in [-0.4, -0.2) is 17.9 Å². The maximum Gasteiger partial charge on any atom is 0.416 e. The molecule has 34 heavy (non-hydrogen) atoms. The molecule has 0 radical (unpaired) electrons.